The molecular weight excluding hydrogens is 643 g/mol. The second-order valence-corrected chi connectivity index (χ2v) is 14.6. The third-order valence-electron chi connectivity index (χ3n) is 7.28. The van der Waals surface area contributed by atoms with Gasteiger partial charge in [-0.25, -0.2) is 6.08 Å². The number of rotatable bonds is 4. The fourth-order valence-electron chi connectivity index (χ4n) is 5.17. The minimum atomic E-state index is 0. The van der Waals surface area contributed by atoms with Gasteiger partial charge in [0.2, 0.25) is 0 Å². The number of benzene rings is 4. The van der Waals surface area contributed by atoms with Crippen LogP contribution in [0.2, 0.25) is 0 Å². The van der Waals surface area contributed by atoms with Crippen LogP contribution < -0.4 is 24.8 Å². The molecule has 0 aliphatic heterocycles. The van der Waals surface area contributed by atoms with Crippen molar-refractivity contribution in [1.82, 2.24) is 0 Å². The topological polar surface area (TPSA) is 0 Å². The van der Waals surface area contributed by atoms with Gasteiger partial charge in [-0.3, -0.25) is 6.08 Å². The Kier molecular flexibility index (Phi) is 14.8. The first-order valence-corrected chi connectivity index (χ1v) is 16.0. The van der Waals surface area contributed by atoms with E-state index in [0.29, 0.717) is 11.3 Å². The first kappa shape index (κ1) is 36.9. The van der Waals surface area contributed by atoms with Crippen LogP contribution in [0.15, 0.2) is 109 Å². The summed E-state index contributed by atoms with van der Waals surface area (Å²) >= 11 is 1.55. The van der Waals surface area contributed by atoms with E-state index in [1.165, 1.54) is 66.1 Å². The van der Waals surface area contributed by atoms with E-state index in [4.69, 9.17) is 0 Å². The van der Waals surface area contributed by atoms with Gasteiger partial charge in [-0.05, 0) is 23.1 Å². The standard InChI is InChI=1S/C25H17.C12H19.C3H6.2ClH.Zr/c1-3-7-18(8-4-1)20-11-13-24-22(15-20)17-23-16-21(12-14-25(23)24)19-9-5-2-6-10-19;1-5-6-10-7-8-11(9-10)12(2,3)4;1-3-2;;;/h1-15H,17H2;8-10H,5-6H2,1-4H3;1-2H3;2*1H;/q2*-1;;;;+2/p-2. The van der Waals surface area contributed by atoms with Crippen molar-refractivity contribution in [2.45, 2.75) is 60.8 Å². The molecule has 0 fully saturated rings. The summed E-state index contributed by atoms with van der Waals surface area (Å²) < 4.78 is 1.51. The van der Waals surface area contributed by atoms with E-state index in [2.05, 4.69) is 157 Å². The Bertz CT molecular complexity index is 1440. The first-order chi connectivity index (χ1) is 19.7. The predicted octanol–water partition coefficient (Wildman–Crippen LogP) is 4.89. The zero-order valence-electron chi connectivity index (χ0n) is 26.3. The monoisotopic (exact) mass is 682 g/mol. The van der Waals surface area contributed by atoms with Gasteiger partial charge in [0.15, 0.2) is 0 Å². The third-order valence-corrected chi connectivity index (χ3v) is 7.28. The third kappa shape index (κ3) is 10.4. The maximum atomic E-state index is 3.65. The van der Waals surface area contributed by atoms with E-state index in [1.54, 1.807) is 24.2 Å². The van der Waals surface area contributed by atoms with E-state index >= 15 is 0 Å². The van der Waals surface area contributed by atoms with Gasteiger partial charge < -0.3 is 24.8 Å². The molecule has 0 amide bonds. The van der Waals surface area contributed by atoms with Crippen LogP contribution in [-0.2, 0) is 30.7 Å². The molecule has 43 heavy (non-hydrogen) atoms. The van der Waals surface area contributed by atoms with Crippen LogP contribution in [0.4, 0.5) is 0 Å². The normalized spacial score (nSPS) is 14.0. The summed E-state index contributed by atoms with van der Waals surface area (Å²) in [7, 11) is 0. The van der Waals surface area contributed by atoms with Gasteiger partial charge in [-0.1, -0.05) is 147 Å². The molecule has 2 aliphatic rings. The largest absolute Gasteiger partial charge is 1.00 e. The van der Waals surface area contributed by atoms with Gasteiger partial charge in [0.25, 0.3) is 0 Å². The molecule has 1 unspecified atom stereocenters. The molecule has 0 aromatic heterocycles. The van der Waals surface area contributed by atoms with Crippen LogP contribution in [0, 0.1) is 23.5 Å². The Labute approximate surface area is 287 Å². The molecule has 0 saturated heterocycles. The quantitative estimate of drug-likeness (QED) is 0.237. The number of hydrogen-bond donors (Lipinski definition) is 0. The van der Waals surface area contributed by atoms with Crippen LogP contribution >= 0.6 is 0 Å². The van der Waals surface area contributed by atoms with Crippen molar-refractivity contribution in [2.75, 3.05) is 0 Å². The summed E-state index contributed by atoms with van der Waals surface area (Å²) in [4.78, 5) is 0. The van der Waals surface area contributed by atoms with Gasteiger partial charge in [0.1, 0.15) is 0 Å². The van der Waals surface area contributed by atoms with Crippen LogP contribution in [0.25, 0.3) is 33.4 Å². The molecule has 0 bridgehead atoms. The van der Waals surface area contributed by atoms with E-state index in [9.17, 15) is 0 Å². The molecule has 6 rings (SSSR count). The number of fused-ring (bicyclic) bond motifs is 3. The summed E-state index contributed by atoms with van der Waals surface area (Å²) in [6.45, 7) is 13.2. The Morgan fingerprint density at radius 2 is 1.37 bits per heavy atom. The van der Waals surface area contributed by atoms with E-state index in [-0.39, 0.29) is 24.8 Å². The van der Waals surface area contributed by atoms with Gasteiger partial charge in [0, 0.05) is 0 Å². The molecule has 2 aliphatic carbocycles. The molecule has 0 N–H and O–H groups in total. The van der Waals surface area contributed by atoms with Crippen molar-refractivity contribution in [3.63, 3.8) is 0 Å². The summed E-state index contributed by atoms with van der Waals surface area (Å²) in [5.74, 6) is 0.587. The second-order valence-electron chi connectivity index (χ2n) is 12.1. The molecular formula is C40H42Cl2Zr-2. The van der Waals surface area contributed by atoms with Crippen LogP contribution in [0.5, 0.6) is 0 Å². The molecule has 222 valence electrons. The number of hydrogen-bond acceptors (Lipinski definition) is 0. The fraction of sp³-hybridized carbons (Fsp3) is 0.275. The van der Waals surface area contributed by atoms with Crippen molar-refractivity contribution < 1.29 is 49.0 Å². The Hall–Kier alpha value is -2.31. The van der Waals surface area contributed by atoms with E-state index < -0.39 is 0 Å². The van der Waals surface area contributed by atoms with Crippen molar-refractivity contribution >= 4 is 3.21 Å². The molecule has 0 heterocycles. The van der Waals surface area contributed by atoms with Crippen molar-refractivity contribution in [1.29, 1.82) is 0 Å². The van der Waals surface area contributed by atoms with Gasteiger partial charge >= 0.3 is 41.3 Å². The molecule has 3 heteroatoms. The molecule has 1 atom stereocenters. The van der Waals surface area contributed by atoms with Gasteiger partial charge in [-0.2, -0.15) is 11.6 Å². The zero-order chi connectivity index (χ0) is 29.4. The first-order valence-electron chi connectivity index (χ1n) is 14.8. The maximum absolute atomic E-state index is 3.65. The summed E-state index contributed by atoms with van der Waals surface area (Å²) in [5, 5.41) is 0. The van der Waals surface area contributed by atoms with Crippen LogP contribution in [0.3, 0.4) is 0 Å². The molecule has 0 spiro atoms. The van der Waals surface area contributed by atoms with Crippen molar-refractivity contribution in [3.05, 3.63) is 132 Å². The van der Waals surface area contributed by atoms with Crippen LogP contribution in [-0.4, -0.2) is 3.21 Å². The number of allylic oxidation sites excluding steroid dienone is 4. The fourth-order valence-corrected chi connectivity index (χ4v) is 5.17. The average molecular weight is 685 g/mol. The van der Waals surface area contributed by atoms with E-state index in [1.807, 2.05) is 0 Å². The van der Waals surface area contributed by atoms with E-state index in [0.717, 1.165) is 6.42 Å². The minimum Gasteiger partial charge on any atom is -1.00 e. The predicted molar refractivity (Wildman–Crippen MR) is 174 cm³/mol. The average Bonchev–Trinajstić information content (AvgIpc) is 3.58. The summed E-state index contributed by atoms with van der Waals surface area (Å²) in [6.07, 6.45) is 11.4. The maximum Gasteiger partial charge on any atom is -0.0181 e. The molecule has 4 aromatic rings. The van der Waals surface area contributed by atoms with Crippen LogP contribution in [0.1, 0.15) is 65.5 Å². The Balaban J connectivity index is 0.000000304. The molecule has 0 saturated carbocycles. The Morgan fingerprint density at radius 1 is 0.791 bits per heavy atom. The second kappa shape index (κ2) is 17.3. The van der Waals surface area contributed by atoms with Crippen molar-refractivity contribution in [2.24, 2.45) is 11.3 Å². The smallest absolute Gasteiger partial charge is 0.0181 e. The minimum absolute atomic E-state index is 0. The summed E-state index contributed by atoms with van der Waals surface area (Å²) in [6, 6.07) is 36.0. The summed E-state index contributed by atoms with van der Waals surface area (Å²) in [5.41, 5.74) is 12.1. The Morgan fingerprint density at radius 3 is 1.93 bits per heavy atom. The van der Waals surface area contributed by atoms with Gasteiger partial charge in [0.05, 0.1) is 0 Å². The molecule has 4 aromatic carbocycles. The SMILES string of the molecule is CCCC1[C-]=CC(C(C)(C)C)=C1.C[C](C)=[Zr+2].[Cl-].[Cl-].[c-]1c(-c2ccccc2)ccc2c1Cc1cc(-c3ccccc3)ccc1-2. The van der Waals surface area contributed by atoms with Crippen molar-refractivity contribution in [3.8, 4) is 33.4 Å². The molecule has 0 radical (unpaired) electrons. The zero-order valence-corrected chi connectivity index (χ0v) is 30.2. The van der Waals surface area contributed by atoms with Gasteiger partial charge in [-0.15, -0.1) is 29.3 Å². The molecule has 0 nitrogen and oxygen atoms in total. The number of halogens is 2.